The fraction of sp³-hybridized carbons (Fsp3) is 0.346. The highest BCUT2D eigenvalue weighted by Gasteiger charge is 2.20. The fourth-order valence-corrected chi connectivity index (χ4v) is 3.87. The van der Waals surface area contributed by atoms with Crippen LogP contribution in [0.3, 0.4) is 0 Å². The number of methoxy groups -OCH3 is 1. The van der Waals surface area contributed by atoms with E-state index in [9.17, 15) is 9.59 Å². The first-order chi connectivity index (χ1) is 16.2. The van der Waals surface area contributed by atoms with Crippen LogP contribution < -0.4 is 10.9 Å². The number of rotatable bonds is 7. The Labute approximate surface area is 197 Å². The van der Waals surface area contributed by atoms with Crippen LogP contribution in [0.4, 0.5) is 5.69 Å². The van der Waals surface area contributed by atoms with E-state index in [2.05, 4.69) is 16.4 Å². The Hall–Kier alpha value is -3.65. The topological polar surface area (TPSA) is 95.6 Å². The number of furan rings is 1. The first kappa shape index (κ1) is 23.5. The smallest absolute Gasteiger partial charge is 0.326 e. The van der Waals surface area contributed by atoms with Gasteiger partial charge in [0, 0.05) is 23.9 Å². The number of nitrogens with one attached hydrogen (secondary N) is 1. The van der Waals surface area contributed by atoms with Gasteiger partial charge in [-0.15, -0.1) is 0 Å². The highest BCUT2D eigenvalue weighted by Crippen LogP contribution is 2.31. The molecule has 0 radical (unpaired) electrons. The molecule has 178 valence electrons. The third-order valence-electron chi connectivity index (χ3n) is 5.38. The minimum Gasteiger partial charge on any atom is -0.459 e. The normalized spacial score (nSPS) is 12.7. The molecule has 0 unspecified atom stereocenters. The van der Waals surface area contributed by atoms with E-state index in [1.807, 2.05) is 43.3 Å². The van der Waals surface area contributed by atoms with Gasteiger partial charge in [0.2, 0.25) is 0 Å². The lowest BCUT2D eigenvalue weighted by Gasteiger charge is -2.21. The lowest BCUT2D eigenvalue weighted by Crippen LogP contribution is -2.34. The van der Waals surface area contributed by atoms with Crippen LogP contribution in [-0.4, -0.2) is 28.2 Å². The van der Waals surface area contributed by atoms with Crippen LogP contribution in [0.5, 0.6) is 0 Å². The van der Waals surface area contributed by atoms with Crippen LogP contribution >= 0.6 is 0 Å². The average Bonchev–Trinajstić information content (AvgIpc) is 3.15. The Bertz CT molecular complexity index is 1400. The largest absolute Gasteiger partial charge is 0.459 e. The summed E-state index contributed by atoms with van der Waals surface area (Å²) in [5.41, 5.74) is 1.89. The van der Waals surface area contributed by atoms with Crippen molar-refractivity contribution in [3.63, 3.8) is 0 Å². The van der Waals surface area contributed by atoms with E-state index >= 15 is 0 Å². The number of ether oxygens (including phenoxy) is 2. The maximum atomic E-state index is 13.3. The molecule has 0 aliphatic heterocycles. The van der Waals surface area contributed by atoms with Gasteiger partial charge in [0.25, 0.3) is 5.56 Å². The molecule has 2 aromatic heterocycles. The van der Waals surface area contributed by atoms with Crippen LogP contribution in [0.1, 0.15) is 45.1 Å². The molecule has 8 nitrogen and oxygen atoms in total. The molecule has 2 aromatic carbocycles. The molecule has 0 aliphatic rings. The van der Waals surface area contributed by atoms with Crippen molar-refractivity contribution in [2.24, 2.45) is 0 Å². The Morgan fingerprint density at radius 3 is 2.62 bits per heavy atom. The quantitative estimate of drug-likeness (QED) is 0.393. The highest BCUT2D eigenvalue weighted by molar-refractivity contribution is 6.05. The van der Waals surface area contributed by atoms with Crippen molar-refractivity contribution in [2.75, 3.05) is 12.4 Å². The van der Waals surface area contributed by atoms with E-state index in [0.717, 1.165) is 27.5 Å². The van der Waals surface area contributed by atoms with Crippen LogP contribution in [0.25, 0.3) is 21.9 Å². The fourth-order valence-electron chi connectivity index (χ4n) is 3.87. The Morgan fingerprint density at radius 1 is 1.15 bits per heavy atom. The van der Waals surface area contributed by atoms with Gasteiger partial charge in [-0.05, 0) is 51.5 Å². The van der Waals surface area contributed by atoms with Crippen molar-refractivity contribution in [1.82, 2.24) is 9.55 Å². The van der Waals surface area contributed by atoms with Crippen LogP contribution in [-0.2, 0) is 27.4 Å². The molecule has 34 heavy (non-hydrogen) atoms. The molecule has 0 saturated heterocycles. The maximum absolute atomic E-state index is 13.3. The predicted octanol–water partition coefficient (Wildman–Crippen LogP) is 4.80. The number of hydrogen-bond donors (Lipinski definition) is 1. The van der Waals surface area contributed by atoms with Gasteiger partial charge in [-0.2, -0.15) is 0 Å². The summed E-state index contributed by atoms with van der Waals surface area (Å²) in [7, 11) is 1.51. The summed E-state index contributed by atoms with van der Waals surface area (Å²) >= 11 is 0. The Kier molecular flexibility index (Phi) is 6.43. The van der Waals surface area contributed by atoms with Crippen LogP contribution in [0, 0.1) is 0 Å². The van der Waals surface area contributed by atoms with Crippen molar-refractivity contribution >= 4 is 33.6 Å². The van der Waals surface area contributed by atoms with Gasteiger partial charge in [0.1, 0.15) is 41.4 Å². The molecule has 0 saturated carbocycles. The van der Waals surface area contributed by atoms with E-state index in [-0.39, 0.29) is 30.4 Å². The van der Waals surface area contributed by atoms with Crippen molar-refractivity contribution in [3.05, 3.63) is 70.4 Å². The number of benzene rings is 2. The Morgan fingerprint density at radius 2 is 1.88 bits per heavy atom. The van der Waals surface area contributed by atoms with E-state index in [1.54, 1.807) is 20.8 Å². The van der Waals surface area contributed by atoms with E-state index < -0.39 is 11.6 Å². The average molecular weight is 464 g/mol. The maximum Gasteiger partial charge on any atom is 0.326 e. The summed E-state index contributed by atoms with van der Waals surface area (Å²) in [4.78, 5) is 30.0. The van der Waals surface area contributed by atoms with Gasteiger partial charge in [0.05, 0.1) is 6.20 Å². The molecule has 0 spiro atoms. The second-order valence-electron chi connectivity index (χ2n) is 9.22. The Balaban J connectivity index is 1.63. The summed E-state index contributed by atoms with van der Waals surface area (Å²) in [6, 6.07) is 13.6. The second kappa shape index (κ2) is 9.30. The number of hydrogen-bond acceptors (Lipinski definition) is 7. The lowest BCUT2D eigenvalue weighted by atomic mass is 10.0. The van der Waals surface area contributed by atoms with Gasteiger partial charge in [0.15, 0.2) is 0 Å². The molecular formula is C26H29N3O5. The third kappa shape index (κ3) is 4.97. The zero-order valence-electron chi connectivity index (χ0n) is 20.0. The zero-order valence-corrected chi connectivity index (χ0v) is 20.0. The monoisotopic (exact) mass is 463 g/mol. The molecule has 1 atom stereocenters. The first-order valence-electron chi connectivity index (χ1n) is 11.1. The number of para-hydroxylation sites is 1. The number of aromatic nitrogens is 2. The standard InChI is InChI=1S/C26H29N3O5/c1-16(17-10-11-22-19(12-17)18-8-6-7-9-21(18)33-22)28-20-13-27-23(15-32-5)29(25(20)31)14-24(30)34-26(2,3)4/h6-13,16,28H,14-15H2,1-5H3/t16-/m1/s1. The summed E-state index contributed by atoms with van der Waals surface area (Å²) in [6.45, 7) is 7.14. The van der Waals surface area contributed by atoms with Crippen molar-refractivity contribution < 1.29 is 18.7 Å². The molecule has 2 heterocycles. The minimum absolute atomic E-state index is 0.0953. The van der Waals surface area contributed by atoms with Gasteiger partial charge in [-0.25, -0.2) is 4.98 Å². The summed E-state index contributed by atoms with van der Waals surface area (Å²) < 4.78 is 17.8. The molecule has 4 aromatic rings. The molecule has 0 amide bonds. The first-order valence-corrected chi connectivity index (χ1v) is 11.1. The molecular weight excluding hydrogens is 434 g/mol. The number of carbonyl (C=O) groups excluding carboxylic acids is 1. The van der Waals surface area contributed by atoms with Crippen molar-refractivity contribution in [3.8, 4) is 0 Å². The molecule has 8 heteroatoms. The van der Waals surface area contributed by atoms with E-state index in [4.69, 9.17) is 13.9 Å². The molecule has 0 bridgehead atoms. The van der Waals surface area contributed by atoms with Gasteiger partial charge < -0.3 is 19.2 Å². The SMILES string of the molecule is COCc1ncc(N[C@H](C)c2ccc3oc4ccccc4c3c2)c(=O)n1CC(=O)OC(C)(C)C. The number of fused-ring (bicyclic) bond motifs is 3. The third-order valence-corrected chi connectivity index (χ3v) is 5.38. The number of nitrogens with zero attached hydrogens (tertiary/aromatic N) is 2. The number of esters is 1. The molecule has 4 rings (SSSR count). The van der Waals surface area contributed by atoms with Crippen molar-refractivity contribution in [2.45, 2.75) is 52.5 Å². The zero-order chi connectivity index (χ0) is 24.5. The molecule has 1 N–H and O–H groups in total. The second-order valence-corrected chi connectivity index (χ2v) is 9.22. The predicted molar refractivity (Wildman–Crippen MR) is 131 cm³/mol. The summed E-state index contributed by atoms with van der Waals surface area (Å²) in [6.07, 6.45) is 1.48. The van der Waals surface area contributed by atoms with Gasteiger partial charge in [-0.1, -0.05) is 24.3 Å². The van der Waals surface area contributed by atoms with E-state index in [0.29, 0.717) is 5.82 Å². The van der Waals surface area contributed by atoms with Gasteiger partial charge >= 0.3 is 5.97 Å². The summed E-state index contributed by atoms with van der Waals surface area (Å²) in [5, 5.41) is 5.29. The van der Waals surface area contributed by atoms with Gasteiger partial charge in [-0.3, -0.25) is 14.2 Å². The minimum atomic E-state index is -0.657. The highest BCUT2D eigenvalue weighted by atomic mass is 16.6. The number of anilines is 1. The van der Waals surface area contributed by atoms with Crippen LogP contribution in [0.2, 0.25) is 0 Å². The summed E-state index contributed by atoms with van der Waals surface area (Å²) in [5.74, 6) is -0.168. The molecule has 0 fully saturated rings. The van der Waals surface area contributed by atoms with E-state index in [1.165, 1.54) is 17.9 Å². The number of carbonyl (C=O) groups is 1. The van der Waals surface area contributed by atoms with Crippen LogP contribution in [0.15, 0.2) is 57.9 Å². The lowest BCUT2D eigenvalue weighted by molar-refractivity contribution is -0.155. The molecule has 0 aliphatic carbocycles. The van der Waals surface area contributed by atoms with Crippen molar-refractivity contribution in [1.29, 1.82) is 0 Å².